The maximum Gasteiger partial charge on any atom is 0.332 e. The van der Waals surface area contributed by atoms with Crippen LogP contribution < -0.4 is 11.2 Å². The molecular weight excluding hydrogens is 328 g/mol. The number of hydrogen-bond acceptors (Lipinski definition) is 7. The van der Waals surface area contributed by atoms with Crippen LogP contribution in [0.3, 0.4) is 0 Å². The molecule has 0 fully saturated rings. The van der Waals surface area contributed by atoms with Crippen molar-refractivity contribution < 1.29 is 17.9 Å². The van der Waals surface area contributed by atoms with Crippen molar-refractivity contribution >= 4 is 21.0 Å². The van der Waals surface area contributed by atoms with Crippen molar-refractivity contribution in [2.45, 2.75) is 11.9 Å². The molecule has 0 unspecified atom stereocenters. The molecule has 0 saturated carbocycles. The Morgan fingerprint density at radius 1 is 1.13 bits per heavy atom. The summed E-state index contributed by atoms with van der Waals surface area (Å²) in [5, 5.41) is -0.330. The van der Waals surface area contributed by atoms with E-state index in [1.54, 1.807) is 0 Å². The summed E-state index contributed by atoms with van der Waals surface area (Å²) in [5.41, 5.74) is -1.24. The number of ether oxygens (including phenoxy) is 2. The molecule has 2 rings (SSSR count). The van der Waals surface area contributed by atoms with E-state index in [1.807, 2.05) is 0 Å². The molecule has 0 N–H and O–H groups in total. The van der Waals surface area contributed by atoms with Crippen LogP contribution in [0.2, 0.25) is 0 Å². The van der Waals surface area contributed by atoms with E-state index < -0.39 is 21.1 Å². The van der Waals surface area contributed by atoms with Crippen molar-refractivity contribution in [3.63, 3.8) is 0 Å². The Morgan fingerprint density at radius 3 is 2.35 bits per heavy atom. The van der Waals surface area contributed by atoms with E-state index in [-0.39, 0.29) is 29.7 Å². The van der Waals surface area contributed by atoms with Crippen molar-refractivity contribution in [2.24, 2.45) is 14.1 Å². The van der Waals surface area contributed by atoms with Crippen molar-refractivity contribution in [3.05, 3.63) is 20.8 Å². The number of rotatable bonds is 6. The van der Waals surface area contributed by atoms with Gasteiger partial charge in [-0.1, -0.05) is 0 Å². The minimum Gasteiger partial charge on any atom is -0.382 e. The number of fused-ring (bicyclic) bond motifs is 1. The van der Waals surface area contributed by atoms with Gasteiger partial charge in [0, 0.05) is 27.5 Å². The van der Waals surface area contributed by atoms with Gasteiger partial charge in [-0.15, -0.1) is 0 Å². The highest BCUT2D eigenvalue weighted by atomic mass is 32.2. The SMILES string of the molecule is COCCOCn1c(S(C)(=O)=O)nc2c1c(=O)n(C)c(=O)n2C. The number of aryl methyl sites for hydroxylation is 1. The first-order valence-electron chi connectivity index (χ1n) is 6.63. The number of methoxy groups -OCH3 is 1. The van der Waals surface area contributed by atoms with E-state index in [4.69, 9.17) is 9.47 Å². The maximum atomic E-state index is 12.4. The fourth-order valence-corrected chi connectivity index (χ4v) is 2.92. The summed E-state index contributed by atoms with van der Waals surface area (Å²) >= 11 is 0. The van der Waals surface area contributed by atoms with Gasteiger partial charge in [-0.2, -0.15) is 4.98 Å². The molecule has 0 aliphatic heterocycles. The van der Waals surface area contributed by atoms with Gasteiger partial charge in [-0.3, -0.25) is 18.5 Å². The molecular formula is C12H18N4O6S. The van der Waals surface area contributed by atoms with Gasteiger partial charge in [0.05, 0.1) is 13.2 Å². The van der Waals surface area contributed by atoms with Gasteiger partial charge in [0.1, 0.15) is 6.73 Å². The van der Waals surface area contributed by atoms with E-state index >= 15 is 0 Å². The van der Waals surface area contributed by atoms with E-state index in [1.165, 1.54) is 21.2 Å². The second kappa shape index (κ2) is 6.26. The Morgan fingerprint density at radius 2 is 1.78 bits per heavy atom. The molecule has 0 spiro atoms. The molecule has 2 heterocycles. The predicted octanol–water partition coefficient (Wildman–Crippen LogP) is -1.54. The topological polar surface area (TPSA) is 114 Å². The minimum absolute atomic E-state index is 0.00568. The third kappa shape index (κ3) is 3.07. The summed E-state index contributed by atoms with van der Waals surface area (Å²) < 4.78 is 37.2. The molecule has 128 valence electrons. The van der Waals surface area contributed by atoms with Crippen molar-refractivity contribution in [1.82, 2.24) is 18.7 Å². The fourth-order valence-electron chi connectivity index (χ4n) is 2.13. The van der Waals surface area contributed by atoms with Crippen LogP contribution in [0, 0.1) is 0 Å². The quantitative estimate of drug-likeness (QED) is 0.582. The Bertz CT molecular complexity index is 953. The lowest BCUT2D eigenvalue weighted by molar-refractivity contribution is 0.0321. The van der Waals surface area contributed by atoms with Crippen molar-refractivity contribution in [1.29, 1.82) is 0 Å². The Kier molecular flexibility index (Phi) is 4.73. The smallest absolute Gasteiger partial charge is 0.332 e. The van der Waals surface area contributed by atoms with Gasteiger partial charge < -0.3 is 9.47 Å². The summed E-state index contributed by atoms with van der Waals surface area (Å²) in [5.74, 6) is 0. The molecule has 10 nitrogen and oxygen atoms in total. The number of sulfone groups is 1. The third-order valence-corrected chi connectivity index (χ3v) is 4.27. The number of hydrogen-bond donors (Lipinski definition) is 0. The highest BCUT2D eigenvalue weighted by Crippen LogP contribution is 2.15. The molecule has 0 saturated heterocycles. The number of aromatic nitrogens is 4. The molecule has 2 aromatic rings. The summed E-state index contributed by atoms with van der Waals surface area (Å²) in [4.78, 5) is 28.3. The first-order chi connectivity index (χ1) is 10.7. The van der Waals surface area contributed by atoms with Crippen LogP contribution in [0.25, 0.3) is 11.2 Å². The zero-order valence-corrected chi connectivity index (χ0v) is 14.1. The average Bonchev–Trinajstić information content (AvgIpc) is 2.87. The van der Waals surface area contributed by atoms with Gasteiger partial charge in [-0.25, -0.2) is 13.2 Å². The summed E-state index contributed by atoms with van der Waals surface area (Å²) in [7, 11) is 0.512. The Labute approximate surface area is 131 Å². The van der Waals surface area contributed by atoms with Crippen molar-refractivity contribution in [3.8, 4) is 0 Å². The van der Waals surface area contributed by atoms with Crippen LogP contribution >= 0.6 is 0 Å². The van der Waals surface area contributed by atoms with Crippen LogP contribution in [0.1, 0.15) is 0 Å². The Hall–Kier alpha value is -1.98. The molecule has 0 amide bonds. The lowest BCUT2D eigenvalue weighted by Gasteiger charge is -2.09. The molecule has 11 heteroatoms. The fraction of sp³-hybridized carbons (Fsp3) is 0.583. The van der Waals surface area contributed by atoms with Gasteiger partial charge in [-0.05, 0) is 0 Å². The standard InChI is InChI=1S/C12H18N4O6S/c1-14-9-8(10(17)15(2)12(14)18)16(7-22-6-5-21-3)11(13-9)23(4,19)20/h5-7H2,1-4H3. The zero-order valence-electron chi connectivity index (χ0n) is 13.3. The van der Waals surface area contributed by atoms with Crippen LogP contribution in [0.5, 0.6) is 0 Å². The molecule has 2 aromatic heterocycles. The van der Waals surface area contributed by atoms with Crippen LogP contribution in [-0.4, -0.2) is 53.7 Å². The molecule has 23 heavy (non-hydrogen) atoms. The van der Waals surface area contributed by atoms with Crippen LogP contribution in [0.4, 0.5) is 0 Å². The third-order valence-electron chi connectivity index (χ3n) is 3.30. The molecule has 0 aromatic carbocycles. The molecule has 0 aliphatic carbocycles. The first kappa shape index (κ1) is 17.4. The summed E-state index contributed by atoms with van der Waals surface area (Å²) in [6, 6.07) is 0. The molecule has 0 radical (unpaired) electrons. The predicted molar refractivity (Wildman–Crippen MR) is 81.2 cm³/mol. The molecule has 0 atom stereocenters. The van der Waals surface area contributed by atoms with Crippen LogP contribution in [-0.2, 0) is 40.1 Å². The van der Waals surface area contributed by atoms with Gasteiger partial charge in [0.15, 0.2) is 11.2 Å². The monoisotopic (exact) mass is 346 g/mol. The second-order valence-electron chi connectivity index (χ2n) is 5.00. The normalized spacial score (nSPS) is 12.2. The number of imidazole rings is 1. The summed E-state index contributed by atoms with van der Waals surface area (Å²) in [6.07, 6.45) is 0.975. The second-order valence-corrected chi connectivity index (χ2v) is 6.91. The van der Waals surface area contributed by atoms with Gasteiger partial charge >= 0.3 is 5.69 Å². The maximum absolute atomic E-state index is 12.4. The van der Waals surface area contributed by atoms with E-state index in [9.17, 15) is 18.0 Å². The Balaban J connectivity index is 2.75. The number of nitrogens with zero attached hydrogens (tertiary/aromatic N) is 4. The lowest BCUT2D eigenvalue weighted by Crippen LogP contribution is -2.37. The van der Waals surface area contributed by atoms with E-state index in [0.29, 0.717) is 6.61 Å². The molecule has 0 aliphatic rings. The highest BCUT2D eigenvalue weighted by molar-refractivity contribution is 7.90. The highest BCUT2D eigenvalue weighted by Gasteiger charge is 2.24. The van der Waals surface area contributed by atoms with Gasteiger partial charge in [0.25, 0.3) is 5.56 Å². The van der Waals surface area contributed by atoms with Crippen molar-refractivity contribution in [2.75, 3.05) is 26.6 Å². The molecule has 0 bridgehead atoms. The van der Waals surface area contributed by atoms with Gasteiger partial charge in [0.2, 0.25) is 15.0 Å². The summed E-state index contributed by atoms with van der Waals surface area (Å²) in [6.45, 7) is 0.332. The first-order valence-corrected chi connectivity index (χ1v) is 8.52. The average molecular weight is 346 g/mol. The minimum atomic E-state index is -3.72. The van der Waals surface area contributed by atoms with E-state index in [2.05, 4.69) is 4.98 Å². The largest absolute Gasteiger partial charge is 0.382 e. The van der Waals surface area contributed by atoms with E-state index in [0.717, 1.165) is 20.0 Å². The zero-order chi connectivity index (χ0) is 17.4. The van der Waals surface area contributed by atoms with Crippen LogP contribution in [0.15, 0.2) is 14.7 Å². The lowest BCUT2D eigenvalue weighted by atomic mass is 10.5.